The molecule has 0 saturated heterocycles. The molecule has 1 N–H and O–H groups in total. The van der Waals surface area contributed by atoms with Gasteiger partial charge in [-0.05, 0) is 32.6 Å². The number of nitrogens with one attached hydrogen (secondary N) is 1. The molecule has 2 atom stereocenters. The summed E-state index contributed by atoms with van der Waals surface area (Å²) in [6, 6.07) is 2.16. The van der Waals surface area contributed by atoms with Crippen LogP contribution in [0.4, 0.5) is 0 Å². The zero-order valence-electron chi connectivity index (χ0n) is 7.50. The van der Waals surface area contributed by atoms with Crippen LogP contribution in [0.2, 0.25) is 0 Å². The molecule has 0 bridgehead atoms. The van der Waals surface area contributed by atoms with Crippen molar-refractivity contribution in [1.29, 1.82) is 5.26 Å². The second-order valence-electron chi connectivity index (χ2n) is 3.49. The van der Waals surface area contributed by atoms with Crippen LogP contribution >= 0.6 is 0 Å². The Kier molecular flexibility index (Phi) is 2.69. The minimum atomic E-state index is -0.522. The Hall–Kier alpha value is -1.04. The van der Waals surface area contributed by atoms with E-state index in [2.05, 4.69) is 5.32 Å². The van der Waals surface area contributed by atoms with Crippen LogP contribution < -0.4 is 5.32 Å². The zero-order valence-corrected chi connectivity index (χ0v) is 7.50. The molecule has 1 saturated carbocycles. The van der Waals surface area contributed by atoms with Crippen LogP contribution in [0.5, 0.6) is 0 Å². The van der Waals surface area contributed by atoms with Crippen LogP contribution in [0.1, 0.15) is 26.7 Å². The summed E-state index contributed by atoms with van der Waals surface area (Å²) in [4.78, 5) is 11.2. The van der Waals surface area contributed by atoms with Crippen molar-refractivity contribution in [1.82, 2.24) is 5.32 Å². The predicted octanol–water partition coefficient (Wildman–Crippen LogP) is 1.06. The van der Waals surface area contributed by atoms with Crippen molar-refractivity contribution in [2.75, 3.05) is 0 Å². The van der Waals surface area contributed by atoms with Crippen molar-refractivity contribution in [2.45, 2.75) is 32.7 Å². The largest absolute Gasteiger partial charge is 0.352 e. The van der Waals surface area contributed by atoms with Gasteiger partial charge in [-0.15, -0.1) is 0 Å². The number of hydrogen-bond donors (Lipinski definition) is 1. The molecule has 1 rings (SSSR count). The molecular weight excluding hydrogens is 152 g/mol. The lowest BCUT2D eigenvalue weighted by atomic mass is 10.1. The van der Waals surface area contributed by atoms with E-state index in [-0.39, 0.29) is 11.9 Å². The topological polar surface area (TPSA) is 52.9 Å². The number of carbonyl (C=O) groups is 1. The first-order valence-electron chi connectivity index (χ1n) is 4.35. The second kappa shape index (κ2) is 3.57. The fourth-order valence-electron chi connectivity index (χ4n) is 1.12. The molecule has 3 nitrogen and oxygen atoms in total. The molecule has 1 aliphatic rings. The first-order valence-corrected chi connectivity index (χ1v) is 4.35. The number of rotatable bonds is 3. The Labute approximate surface area is 72.8 Å². The number of nitriles is 1. The number of hydrogen-bond acceptors (Lipinski definition) is 2. The average Bonchev–Trinajstić information content (AvgIpc) is 2.84. The monoisotopic (exact) mass is 166 g/mol. The third-order valence-corrected chi connectivity index (χ3v) is 2.29. The van der Waals surface area contributed by atoms with Crippen LogP contribution in [0.25, 0.3) is 0 Å². The number of carbonyl (C=O) groups excluding carboxylic acids is 1. The maximum atomic E-state index is 11.2. The molecule has 1 amide bonds. The molecule has 0 aliphatic heterocycles. The van der Waals surface area contributed by atoms with Crippen LogP contribution in [-0.2, 0) is 4.79 Å². The predicted molar refractivity (Wildman–Crippen MR) is 45.1 cm³/mol. The number of nitrogens with zero attached hydrogens (tertiary/aromatic N) is 1. The first kappa shape index (κ1) is 9.05. The molecule has 0 radical (unpaired) electrons. The fraction of sp³-hybridized carbons (Fsp3) is 0.778. The molecule has 2 unspecified atom stereocenters. The highest BCUT2D eigenvalue weighted by Gasteiger charge is 2.29. The summed E-state index contributed by atoms with van der Waals surface area (Å²) in [5.74, 6) is -0.0112. The Bertz CT molecular complexity index is 215. The lowest BCUT2D eigenvalue weighted by molar-refractivity contribution is -0.123. The summed E-state index contributed by atoms with van der Waals surface area (Å²) in [5, 5.41) is 11.3. The van der Waals surface area contributed by atoms with E-state index in [1.807, 2.05) is 13.0 Å². The van der Waals surface area contributed by atoms with Gasteiger partial charge in [0, 0.05) is 6.04 Å². The normalized spacial score (nSPS) is 20.8. The Morgan fingerprint density at radius 2 is 2.17 bits per heavy atom. The van der Waals surface area contributed by atoms with Gasteiger partial charge in [-0.2, -0.15) is 5.26 Å². The van der Waals surface area contributed by atoms with E-state index < -0.39 is 5.92 Å². The number of amides is 1. The van der Waals surface area contributed by atoms with E-state index in [0.717, 1.165) is 0 Å². The van der Waals surface area contributed by atoms with Gasteiger partial charge in [0.1, 0.15) is 5.92 Å². The lowest BCUT2D eigenvalue weighted by Gasteiger charge is -2.13. The van der Waals surface area contributed by atoms with E-state index in [9.17, 15) is 4.79 Å². The van der Waals surface area contributed by atoms with Crippen LogP contribution in [0.15, 0.2) is 0 Å². The van der Waals surface area contributed by atoms with Crippen molar-refractivity contribution in [2.24, 2.45) is 11.8 Å². The molecule has 0 spiro atoms. The molecule has 12 heavy (non-hydrogen) atoms. The minimum Gasteiger partial charge on any atom is -0.352 e. The third kappa shape index (κ3) is 2.23. The smallest absolute Gasteiger partial charge is 0.237 e. The Balaban J connectivity index is 2.30. The summed E-state index contributed by atoms with van der Waals surface area (Å²) in [6.45, 7) is 3.62. The second-order valence-corrected chi connectivity index (χ2v) is 3.49. The molecular formula is C9H14N2O. The molecule has 0 heterocycles. The quantitative estimate of drug-likeness (QED) is 0.681. The average molecular weight is 166 g/mol. The van der Waals surface area contributed by atoms with Crippen LogP contribution in [-0.4, -0.2) is 11.9 Å². The van der Waals surface area contributed by atoms with E-state index in [0.29, 0.717) is 5.92 Å². The summed E-state index contributed by atoms with van der Waals surface area (Å²) < 4.78 is 0. The van der Waals surface area contributed by atoms with Gasteiger partial charge in [0.2, 0.25) is 5.91 Å². The van der Waals surface area contributed by atoms with Gasteiger partial charge < -0.3 is 5.32 Å². The summed E-state index contributed by atoms with van der Waals surface area (Å²) in [7, 11) is 0. The van der Waals surface area contributed by atoms with Crippen molar-refractivity contribution in [3.63, 3.8) is 0 Å². The van der Waals surface area contributed by atoms with Gasteiger partial charge in [0.15, 0.2) is 0 Å². The van der Waals surface area contributed by atoms with Gasteiger partial charge >= 0.3 is 0 Å². The maximum absolute atomic E-state index is 11.2. The SMILES string of the molecule is CC(C#N)C(=O)NC(C)C1CC1. The maximum Gasteiger partial charge on any atom is 0.237 e. The van der Waals surface area contributed by atoms with E-state index >= 15 is 0 Å². The summed E-state index contributed by atoms with van der Waals surface area (Å²) in [5.41, 5.74) is 0. The summed E-state index contributed by atoms with van der Waals surface area (Å²) >= 11 is 0. The lowest BCUT2D eigenvalue weighted by Crippen LogP contribution is -2.37. The fourth-order valence-corrected chi connectivity index (χ4v) is 1.12. The summed E-state index contributed by atoms with van der Waals surface area (Å²) in [6.07, 6.45) is 2.42. The molecule has 1 aliphatic carbocycles. The van der Waals surface area contributed by atoms with Gasteiger partial charge in [-0.3, -0.25) is 4.79 Å². The zero-order chi connectivity index (χ0) is 9.14. The highest BCUT2D eigenvalue weighted by atomic mass is 16.1. The standard InChI is InChI=1S/C9H14N2O/c1-6(5-10)9(12)11-7(2)8-3-4-8/h6-8H,3-4H2,1-2H3,(H,11,12). The van der Waals surface area contributed by atoms with E-state index in [4.69, 9.17) is 5.26 Å². The van der Waals surface area contributed by atoms with Gasteiger partial charge in [-0.1, -0.05) is 0 Å². The molecule has 0 aromatic carbocycles. The third-order valence-electron chi connectivity index (χ3n) is 2.29. The van der Waals surface area contributed by atoms with Crippen molar-refractivity contribution in [3.8, 4) is 6.07 Å². The van der Waals surface area contributed by atoms with Crippen molar-refractivity contribution < 1.29 is 4.79 Å². The first-order chi connectivity index (χ1) is 5.65. The Morgan fingerprint density at radius 1 is 1.58 bits per heavy atom. The van der Waals surface area contributed by atoms with Gasteiger partial charge in [0.05, 0.1) is 6.07 Å². The van der Waals surface area contributed by atoms with Crippen LogP contribution in [0, 0.1) is 23.2 Å². The van der Waals surface area contributed by atoms with Gasteiger partial charge in [-0.25, -0.2) is 0 Å². The van der Waals surface area contributed by atoms with Gasteiger partial charge in [0.25, 0.3) is 0 Å². The Morgan fingerprint density at radius 3 is 2.58 bits per heavy atom. The van der Waals surface area contributed by atoms with Crippen molar-refractivity contribution >= 4 is 5.91 Å². The highest BCUT2D eigenvalue weighted by Crippen LogP contribution is 2.32. The minimum absolute atomic E-state index is 0.142. The van der Waals surface area contributed by atoms with E-state index in [1.54, 1.807) is 6.92 Å². The molecule has 1 fully saturated rings. The molecule has 0 aromatic heterocycles. The molecule has 66 valence electrons. The van der Waals surface area contributed by atoms with Crippen molar-refractivity contribution in [3.05, 3.63) is 0 Å². The highest BCUT2D eigenvalue weighted by molar-refractivity contribution is 5.80. The van der Waals surface area contributed by atoms with Crippen LogP contribution in [0.3, 0.4) is 0 Å². The molecule has 0 aromatic rings. The van der Waals surface area contributed by atoms with E-state index in [1.165, 1.54) is 12.8 Å². The molecule has 3 heteroatoms.